The zero-order valence-corrected chi connectivity index (χ0v) is 7.72. The zero-order chi connectivity index (χ0) is 9.80. The molecule has 2 heteroatoms. The van der Waals surface area contributed by atoms with Gasteiger partial charge >= 0.3 is 0 Å². The van der Waals surface area contributed by atoms with Crippen LogP contribution in [0.25, 0.3) is 17.5 Å². The maximum Gasteiger partial charge on any atom is 0.159 e. The van der Waals surface area contributed by atoms with Gasteiger partial charge in [0, 0.05) is 18.0 Å². The van der Waals surface area contributed by atoms with E-state index in [9.17, 15) is 0 Å². The molecule has 0 saturated heterocycles. The lowest BCUT2D eigenvalue weighted by molar-refractivity contribution is 1.18. The average molecular weight is 182 g/mol. The van der Waals surface area contributed by atoms with Crippen molar-refractivity contribution < 1.29 is 0 Å². The van der Waals surface area contributed by atoms with E-state index in [0.717, 1.165) is 17.0 Å². The Balaban J connectivity index is 2.39. The number of aromatic nitrogens is 2. The van der Waals surface area contributed by atoms with Gasteiger partial charge in [-0.25, -0.2) is 9.97 Å². The van der Waals surface area contributed by atoms with Crippen LogP contribution >= 0.6 is 0 Å². The van der Waals surface area contributed by atoms with Crippen molar-refractivity contribution in [3.8, 4) is 11.4 Å². The molecular formula is C12H10N2. The van der Waals surface area contributed by atoms with E-state index in [2.05, 4.69) is 16.5 Å². The predicted molar refractivity (Wildman–Crippen MR) is 57.6 cm³/mol. The second kappa shape index (κ2) is 3.83. The van der Waals surface area contributed by atoms with Crippen LogP contribution in [0.2, 0.25) is 0 Å². The van der Waals surface area contributed by atoms with E-state index >= 15 is 0 Å². The number of hydrogen-bond acceptors (Lipinski definition) is 2. The monoisotopic (exact) mass is 182 g/mol. The number of benzene rings is 1. The van der Waals surface area contributed by atoms with E-state index in [1.807, 2.05) is 36.4 Å². The molecule has 1 heterocycles. The lowest BCUT2D eigenvalue weighted by atomic mass is 10.1. The Hall–Kier alpha value is -1.96. The van der Waals surface area contributed by atoms with Gasteiger partial charge in [0.2, 0.25) is 0 Å². The van der Waals surface area contributed by atoms with Gasteiger partial charge in [-0.2, -0.15) is 0 Å². The van der Waals surface area contributed by atoms with E-state index in [0.29, 0.717) is 0 Å². The van der Waals surface area contributed by atoms with Crippen LogP contribution in [0.3, 0.4) is 0 Å². The highest BCUT2D eigenvalue weighted by Gasteiger charge is 1.97. The van der Waals surface area contributed by atoms with Gasteiger partial charge in [0.1, 0.15) is 0 Å². The van der Waals surface area contributed by atoms with E-state index in [1.165, 1.54) is 0 Å². The second-order valence-electron chi connectivity index (χ2n) is 2.90. The van der Waals surface area contributed by atoms with Crippen molar-refractivity contribution in [2.75, 3.05) is 0 Å². The molecule has 0 fully saturated rings. The molecule has 0 aliphatic rings. The van der Waals surface area contributed by atoms with Gasteiger partial charge in [0.05, 0.1) is 0 Å². The number of hydrogen-bond donors (Lipinski definition) is 0. The maximum atomic E-state index is 4.17. The van der Waals surface area contributed by atoms with E-state index < -0.39 is 0 Å². The highest BCUT2D eigenvalue weighted by atomic mass is 14.8. The molecule has 0 amide bonds. The molecule has 1 aromatic heterocycles. The molecule has 14 heavy (non-hydrogen) atoms. The Morgan fingerprint density at radius 2 is 1.64 bits per heavy atom. The third-order valence-electron chi connectivity index (χ3n) is 1.97. The fourth-order valence-electron chi connectivity index (χ4n) is 1.22. The predicted octanol–water partition coefficient (Wildman–Crippen LogP) is 2.79. The van der Waals surface area contributed by atoms with Crippen LogP contribution in [0.15, 0.2) is 49.3 Å². The van der Waals surface area contributed by atoms with Crippen molar-refractivity contribution >= 4 is 6.08 Å². The van der Waals surface area contributed by atoms with E-state index in [1.54, 1.807) is 12.4 Å². The minimum atomic E-state index is 0.753. The van der Waals surface area contributed by atoms with Crippen LogP contribution in [-0.2, 0) is 0 Å². The van der Waals surface area contributed by atoms with E-state index in [4.69, 9.17) is 0 Å². The van der Waals surface area contributed by atoms with Gasteiger partial charge < -0.3 is 0 Å². The first-order chi connectivity index (χ1) is 6.90. The largest absolute Gasteiger partial charge is 0.237 e. The topological polar surface area (TPSA) is 25.8 Å². The molecule has 0 N–H and O–H groups in total. The summed E-state index contributed by atoms with van der Waals surface area (Å²) in [6.07, 6.45) is 5.29. The van der Waals surface area contributed by atoms with Crippen molar-refractivity contribution in [3.05, 3.63) is 54.9 Å². The van der Waals surface area contributed by atoms with Crippen molar-refractivity contribution in [1.82, 2.24) is 9.97 Å². The third-order valence-corrected chi connectivity index (χ3v) is 1.97. The van der Waals surface area contributed by atoms with Crippen molar-refractivity contribution in [1.29, 1.82) is 0 Å². The summed E-state index contributed by atoms with van der Waals surface area (Å²) in [6, 6.07) is 9.79. The molecule has 0 aliphatic carbocycles. The summed E-state index contributed by atoms with van der Waals surface area (Å²) < 4.78 is 0. The Labute approximate surface area is 83.0 Å². The minimum Gasteiger partial charge on any atom is -0.237 e. The van der Waals surface area contributed by atoms with Gasteiger partial charge in [-0.1, -0.05) is 36.9 Å². The summed E-state index contributed by atoms with van der Waals surface area (Å²) in [4.78, 5) is 8.34. The van der Waals surface area contributed by atoms with Crippen molar-refractivity contribution in [2.45, 2.75) is 0 Å². The quantitative estimate of drug-likeness (QED) is 0.713. The summed E-state index contributed by atoms with van der Waals surface area (Å²) in [7, 11) is 0. The number of nitrogens with zero attached hydrogens (tertiary/aromatic N) is 2. The van der Waals surface area contributed by atoms with Crippen molar-refractivity contribution in [2.24, 2.45) is 0 Å². The van der Waals surface area contributed by atoms with E-state index in [-0.39, 0.29) is 0 Å². The average Bonchev–Trinajstić information content (AvgIpc) is 2.30. The first-order valence-electron chi connectivity index (χ1n) is 4.40. The zero-order valence-electron chi connectivity index (χ0n) is 7.72. The first-order valence-corrected chi connectivity index (χ1v) is 4.40. The summed E-state index contributed by atoms with van der Waals surface area (Å²) in [5.74, 6) is 0.753. The summed E-state index contributed by atoms with van der Waals surface area (Å²) in [5, 5.41) is 0. The molecule has 68 valence electrons. The molecule has 0 unspecified atom stereocenters. The molecule has 2 rings (SSSR count). The van der Waals surface area contributed by atoms with Crippen LogP contribution in [0.1, 0.15) is 5.56 Å². The molecule has 2 nitrogen and oxygen atoms in total. The van der Waals surface area contributed by atoms with Crippen LogP contribution in [0.5, 0.6) is 0 Å². The molecule has 1 aromatic carbocycles. The lowest BCUT2D eigenvalue weighted by Crippen LogP contribution is -1.86. The Morgan fingerprint density at radius 1 is 1.00 bits per heavy atom. The highest BCUT2D eigenvalue weighted by molar-refractivity contribution is 5.58. The Bertz CT molecular complexity index is 418. The molecule has 2 aromatic rings. The summed E-state index contributed by atoms with van der Waals surface area (Å²) in [5.41, 5.74) is 2.13. The minimum absolute atomic E-state index is 0.753. The van der Waals surface area contributed by atoms with Crippen LogP contribution in [0, 0.1) is 0 Å². The lowest BCUT2D eigenvalue weighted by Gasteiger charge is -1.99. The normalized spacial score (nSPS) is 9.71. The Kier molecular flexibility index (Phi) is 2.36. The molecule has 0 atom stereocenters. The molecule has 0 saturated carbocycles. The molecule has 0 bridgehead atoms. The highest BCUT2D eigenvalue weighted by Crippen LogP contribution is 2.14. The van der Waals surface area contributed by atoms with Crippen LogP contribution < -0.4 is 0 Å². The molecular weight excluding hydrogens is 172 g/mol. The maximum absolute atomic E-state index is 4.17. The second-order valence-corrected chi connectivity index (χ2v) is 2.90. The van der Waals surface area contributed by atoms with Crippen LogP contribution in [0.4, 0.5) is 0 Å². The van der Waals surface area contributed by atoms with Gasteiger partial charge in [-0.3, -0.25) is 0 Å². The first kappa shape index (κ1) is 8.63. The molecule has 0 aliphatic heterocycles. The van der Waals surface area contributed by atoms with Crippen LogP contribution in [-0.4, -0.2) is 9.97 Å². The van der Waals surface area contributed by atoms with Crippen molar-refractivity contribution in [3.63, 3.8) is 0 Å². The smallest absolute Gasteiger partial charge is 0.159 e. The third kappa shape index (κ3) is 1.69. The summed E-state index contributed by atoms with van der Waals surface area (Å²) in [6.45, 7) is 3.70. The van der Waals surface area contributed by atoms with Gasteiger partial charge in [-0.05, 0) is 11.6 Å². The Morgan fingerprint density at radius 3 is 2.21 bits per heavy atom. The SMILES string of the molecule is C=Cc1ccc(-c2ncccn2)cc1. The van der Waals surface area contributed by atoms with Gasteiger partial charge in [0.15, 0.2) is 5.82 Å². The van der Waals surface area contributed by atoms with Gasteiger partial charge in [-0.15, -0.1) is 0 Å². The molecule has 0 spiro atoms. The van der Waals surface area contributed by atoms with Gasteiger partial charge in [0.25, 0.3) is 0 Å². The fraction of sp³-hybridized carbons (Fsp3) is 0. The molecule has 0 radical (unpaired) electrons. The summed E-state index contributed by atoms with van der Waals surface area (Å²) >= 11 is 0. The number of rotatable bonds is 2. The fourth-order valence-corrected chi connectivity index (χ4v) is 1.22. The standard InChI is InChI=1S/C12H10N2/c1-2-10-4-6-11(7-5-10)12-13-8-3-9-14-12/h2-9H,1H2.